The maximum absolute atomic E-state index is 13.9. The molecule has 0 amide bonds. The number of halogens is 1. The molecule has 4 aromatic rings. The van der Waals surface area contributed by atoms with Crippen LogP contribution in [-0.4, -0.2) is 11.6 Å². The van der Waals surface area contributed by atoms with Crippen molar-refractivity contribution in [1.82, 2.24) is 0 Å². The van der Waals surface area contributed by atoms with Gasteiger partial charge in [-0.25, -0.2) is 0 Å². The fourth-order valence-electron chi connectivity index (χ4n) is 4.16. The number of carbonyl (C=O) groups excluding carboxylic acids is 2. The summed E-state index contributed by atoms with van der Waals surface area (Å²) in [7, 11) is 0. The highest BCUT2D eigenvalue weighted by atomic mass is 35.5. The van der Waals surface area contributed by atoms with Crippen LogP contribution < -0.4 is 0 Å². The number of carbonyl (C=O) groups is 2. The molecule has 0 fully saturated rings. The van der Waals surface area contributed by atoms with Crippen molar-refractivity contribution in [3.8, 4) is 0 Å². The van der Waals surface area contributed by atoms with Crippen molar-refractivity contribution in [1.29, 1.82) is 0 Å². The second kappa shape index (κ2) is 8.85. The highest BCUT2D eigenvalue weighted by molar-refractivity contribution is 6.41. The summed E-state index contributed by atoms with van der Waals surface area (Å²) >= 11 is 6.15. The maximum Gasteiger partial charge on any atom is 0.194 e. The van der Waals surface area contributed by atoms with Crippen LogP contribution in [0.1, 0.15) is 37.4 Å². The molecule has 0 N–H and O–H groups in total. The molecule has 0 unspecified atom stereocenters. The van der Waals surface area contributed by atoms with Crippen LogP contribution in [0.15, 0.2) is 115 Å². The lowest BCUT2D eigenvalue weighted by Crippen LogP contribution is -2.10. The van der Waals surface area contributed by atoms with E-state index in [-0.39, 0.29) is 11.6 Å². The lowest BCUT2D eigenvalue weighted by molar-refractivity contribution is 0.104. The second-order valence-corrected chi connectivity index (χ2v) is 8.23. The highest BCUT2D eigenvalue weighted by Gasteiger charge is 2.31. The van der Waals surface area contributed by atoms with Gasteiger partial charge in [-0.2, -0.15) is 0 Å². The molecule has 0 aromatic heterocycles. The maximum atomic E-state index is 13.9. The fourth-order valence-corrected chi connectivity index (χ4v) is 4.28. The summed E-state index contributed by atoms with van der Waals surface area (Å²) < 4.78 is 0. The SMILES string of the molecule is O=C(C1=Cc2ccccc2/C1=C(/C(=O)c1ccccc1)c1ccc(Cl)cc1)c1ccccc1. The van der Waals surface area contributed by atoms with Gasteiger partial charge in [0.1, 0.15) is 0 Å². The molecule has 158 valence electrons. The summed E-state index contributed by atoms with van der Waals surface area (Å²) in [6.07, 6.45) is 1.88. The van der Waals surface area contributed by atoms with Crippen LogP contribution in [0.5, 0.6) is 0 Å². The molecule has 1 aliphatic rings. The molecule has 0 saturated heterocycles. The lowest BCUT2D eigenvalue weighted by atomic mass is 9.85. The van der Waals surface area contributed by atoms with Crippen LogP contribution in [-0.2, 0) is 0 Å². The summed E-state index contributed by atoms with van der Waals surface area (Å²) in [4.78, 5) is 27.5. The molecule has 0 bridgehead atoms. The van der Waals surface area contributed by atoms with Gasteiger partial charge in [0.05, 0.1) is 0 Å². The number of fused-ring (bicyclic) bond motifs is 1. The molecule has 0 aliphatic heterocycles. The summed E-state index contributed by atoms with van der Waals surface area (Å²) in [5.74, 6) is -0.259. The van der Waals surface area contributed by atoms with E-state index < -0.39 is 0 Å². The molecular weight excluding hydrogens is 428 g/mol. The molecule has 1 aliphatic carbocycles. The van der Waals surface area contributed by atoms with Gasteiger partial charge in [0, 0.05) is 32.9 Å². The molecule has 0 heterocycles. The van der Waals surface area contributed by atoms with E-state index in [0.29, 0.717) is 38.4 Å². The summed E-state index contributed by atoms with van der Waals surface area (Å²) in [5.41, 5.74) is 5.28. The Balaban J connectivity index is 1.80. The number of hydrogen-bond donors (Lipinski definition) is 0. The van der Waals surface area contributed by atoms with Crippen molar-refractivity contribution in [2.75, 3.05) is 0 Å². The number of hydrogen-bond acceptors (Lipinski definition) is 2. The molecule has 33 heavy (non-hydrogen) atoms. The van der Waals surface area contributed by atoms with E-state index in [2.05, 4.69) is 0 Å². The number of benzene rings is 4. The largest absolute Gasteiger partial charge is 0.289 e. The molecule has 0 atom stereocenters. The lowest BCUT2D eigenvalue weighted by Gasteiger charge is -2.16. The molecular formula is C30H19ClO2. The van der Waals surface area contributed by atoms with Crippen LogP contribution in [0.3, 0.4) is 0 Å². The van der Waals surface area contributed by atoms with Crippen molar-refractivity contribution >= 4 is 40.4 Å². The number of ketones is 2. The molecule has 2 nitrogen and oxygen atoms in total. The summed E-state index contributed by atoms with van der Waals surface area (Å²) in [6, 6.07) is 33.3. The predicted molar refractivity (Wildman–Crippen MR) is 134 cm³/mol. The van der Waals surface area contributed by atoms with Crippen molar-refractivity contribution in [3.63, 3.8) is 0 Å². The van der Waals surface area contributed by atoms with Gasteiger partial charge in [-0.15, -0.1) is 0 Å². The minimum absolute atomic E-state index is 0.117. The van der Waals surface area contributed by atoms with Gasteiger partial charge in [0.25, 0.3) is 0 Å². The quantitative estimate of drug-likeness (QED) is 0.236. The molecule has 0 spiro atoms. The number of Topliss-reactive ketones (excluding diaryl/α,β-unsaturated/α-hetero) is 2. The zero-order valence-corrected chi connectivity index (χ0v) is 18.4. The van der Waals surface area contributed by atoms with E-state index >= 15 is 0 Å². The molecule has 0 saturated carbocycles. The first-order chi connectivity index (χ1) is 16.1. The van der Waals surface area contributed by atoms with E-state index in [1.807, 2.05) is 78.9 Å². The molecule has 4 aromatic carbocycles. The smallest absolute Gasteiger partial charge is 0.194 e. The predicted octanol–water partition coefficient (Wildman–Crippen LogP) is 7.41. The Bertz CT molecular complexity index is 1410. The van der Waals surface area contributed by atoms with Gasteiger partial charge in [0.15, 0.2) is 11.6 Å². The van der Waals surface area contributed by atoms with Gasteiger partial charge in [0.2, 0.25) is 0 Å². The Morgan fingerprint density at radius 1 is 0.576 bits per heavy atom. The zero-order chi connectivity index (χ0) is 22.8. The fraction of sp³-hybridized carbons (Fsp3) is 0. The summed E-state index contributed by atoms with van der Waals surface area (Å²) in [5, 5.41) is 0.582. The van der Waals surface area contributed by atoms with Gasteiger partial charge < -0.3 is 0 Å². The van der Waals surface area contributed by atoms with E-state index in [9.17, 15) is 9.59 Å². The van der Waals surface area contributed by atoms with E-state index in [1.54, 1.807) is 36.4 Å². The van der Waals surface area contributed by atoms with E-state index in [0.717, 1.165) is 11.1 Å². The van der Waals surface area contributed by atoms with Gasteiger partial charge in [-0.05, 0) is 34.9 Å². The Hall–Kier alpha value is -4.01. The first-order valence-electron chi connectivity index (χ1n) is 10.6. The van der Waals surface area contributed by atoms with Crippen LogP contribution in [0.25, 0.3) is 17.2 Å². The van der Waals surface area contributed by atoms with Crippen molar-refractivity contribution in [2.45, 2.75) is 0 Å². The van der Waals surface area contributed by atoms with Crippen molar-refractivity contribution < 1.29 is 9.59 Å². The number of allylic oxidation sites excluding steroid dienone is 3. The Labute approximate surface area is 197 Å². The van der Waals surface area contributed by atoms with Crippen molar-refractivity contribution in [2.24, 2.45) is 0 Å². The van der Waals surface area contributed by atoms with Gasteiger partial charge >= 0.3 is 0 Å². The standard InChI is InChI=1S/C30H19ClO2/c31-24-17-15-20(16-18-24)27(30(33)22-11-5-2-6-12-22)28-25-14-8-7-13-23(25)19-26(28)29(32)21-9-3-1-4-10-21/h1-19H/b28-27-. The molecule has 3 heteroatoms. The van der Waals surface area contributed by atoms with Crippen LogP contribution in [0, 0.1) is 0 Å². The van der Waals surface area contributed by atoms with Crippen LogP contribution in [0.2, 0.25) is 5.02 Å². The third-order valence-electron chi connectivity index (χ3n) is 5.73. The second-order valence-electron chi connectivity index (χ2n) is 7.79. The van der Waals surface area contributed by atoms with E-state index in [4.69, 9.17) is 11.6 Å². The van der Waals surface area contributed by atoms with Gasteiger partial charge in [-0.3, -0.25) is 9.59 Å². The first-order valence-corrected chi connectivity index (χ1v) is 11.0. The molecule has 0 radical (unpaired) electrons. The normalized spacial score (nSPS) is 13.8. The van der Waals surface area contributed by atoms with Crippen LogP contribution >= 0.6 is 11.6 Å². The average molecular weight is 447 g/mol. The topological polar surface area (TPSA) is 34.1 Å². The average Bonchev–Trinajstić information content (AvgIpc) is 3.25. The highest BCUT2D eigenvalue weighted by Crippen LogP contribution is 2.43. The zero-order valence-electron chi connectivity index (χ0n) is 17.7. The van der Waals surface area contributed by atoms with Crippen molar-refractivity contribution in [3.05, 3.63) is 148 Å². The monoisotopic (exact) mass is 446 g/mol. The first kappa shape index (κ1) is 20.9. The Kier molecular flexibility index (Phi) is 5.60. The minimum atomic E-state index is -0.142. The van der Waals surface area contributed by atoms with E-state index in [1.165, 1.54) is 0 Å². The minimum Gasteiger partial charge on any atom is -0.289 e. The number of rotatable bonds is 5. The Morgan fingerprint density at radius 3 is 1.82 bits per heavy atom. The third-order valence-corrected chi connectivity index (χ3v) is 5.98. The van der Waals surface area contributed by atoms with Crippen LogP contribution in [0.4, 0.5) is 0 Å². The van der Waals surface area contributed by atoms with Gasteiger partial charge in [-0.1, -0.05) is 109 Å². The molecule has 5 rings (SSSR count). The Morgan fingerprint density at radius 2 is 1.15 bits per heavy atom. The third kappa shape index (κ3) is 3.97. The summed E-state index contributed by atoms with van der Waals surface area (Å²) in [6.45, 7) is 0.